The Bertz CT molecular complexity index is 1520. The van der Waals surface area contributed by atoms with Crippen molar-refractivity contribution in [3.05, 3.63) is 71.1 Å². The molecule has 12 heteroatoms. The molecule has 0 radical (unpaired) electrons. The number of carbonyl (C=O) groups is 1. The van der Waals surface area contributed by atoms with Gasteiger partial charge < -0.3 is 20.5 Å². The standard InChI is InChI=1S/C26H25ClN8O3/c1-26(2,3)21-12-22(35(34-21)15-5-7-16(37-4)8-6-15)33-25(36)32-20-10-9-17(11-19(20)27)38-24-18(13-28)23(29)30-14-31-24/h5-12,14H,1-4H3,(H2,29,30,31)(H2,32,33,36). The molecule has 11 nitrogen and oxygen atoms in total. The van der Waals surface area contributed by atoms with Gasteiger partial charge in [-0.2, -0.15) is 10.4 Å². The van der Waals surface area contributed by atoms with E-state index in [1.807, 2.05) is 57.2 Å². The molecule has 0 saturated carbocycles. The van der Waals surface area contributed by atoms with Crippen LogP contribution in [0.1, 0.15) is 32.0 Å². The topological polar surface area (TPSA) is 153 Å². The minimum atomic E-state index is -0.522. The number of ether oxygens (including phenoxy) is 2. The Hall–Kier alpha value is -4.82. The Labute approximate surface area is 224 Å². The number of aromatic nitrogens is 4. The zero-order valence-corrected chi connectivity index (χ0v) is 21.9. The number of amides is 2. The van der Waals surface area contributed by atoms with Gasteiger partial charge in [0.15, 0.2) is 5.56 Å². The van der Waals surface area contributed by atoms with Crippen LogP contribution < -0.4 is 25.8 Å². The summed E-state index contributed by atoms with van der Waals surface area (Å²) in [5.74, 6) is 1.47. The van der Waals surface area contributed by atoms with E-state index in [1.165, 1.54) is 12.4 Å². The van der Waals surface area contributed by atoms with Crippen LogP contribution >= 0.6 is 11.6 Å². The quantitative estimate of drug-likeness (QED) is 0.293. The number of nitrogens with one attached hydrogen (secondary N) is 2. The highest BCUT2D eigenvalue weighted by Crippen LogP contribution is 2.32. The molecule has 2 heterocycles. The predicted molar refractivity (Wildman–Crippen MR) is 144 cm³/mol. The summed E-state index contributed by atoms with van der Waals surface area (Å²) >= 11 is 6.39. The highest BCUT2D eigenvalue weighted by molar-refractivity contribution is 6.34. The molecule has 2 aromatic carbocycles. The van der Waals surface area contributed by atoms with Crippen LogP contribution in [0.5, 0.6) is 17.4 Å². The molecule has 4 rings (SSSR count). The summed E-state index contributed by atoms with van der Waals surface area (Å²) in [6, 6.07) is 15.1. The maximum Gasteiger partial charge on any atom is 0.324 e. The van der Waals surface area contributed by atoms with E-state index in [0.29, 0.717) is 23.0 Å². The van der Waals surface area contributed by atoms with Gasteiger partial charge in [0.05, 0.1) is 29.2 Å². The second kappa shape index (κ2) is 10.7. The van der Waals surface area contributed by atoms with Crippen molar-refractivity contribution in [2.45, 2.75) is 26.2 Å². The van der Waals surface area contributed by atoms with Crippen molar-refractivity contribution in [2.75, 3.05) is 23.5 Å². The Morgan fingerprint density at radius 3 is 2.42 bits per heavy atom. The molecule has 0 aliphatic carbocycles. The van der Waals surface area contributed by atoms with Crippen LogP contribution in [0.3, 0.4) is 0 Å². The van der Waals surface area contributed by atoms with E-state index in [-0.39, 0.29) is 27.7 Å². The number of anilines is 3. The number of nitrogens with zero attached hydrogens (tertiary/aromatic N) is 5. The van der Waals surface area contributed by atoms with E-state index in [9.17, 15) is 10.1 Å². The van der Waals surface area contributed by atoms with Crippen molar-refractivity contribution in [1.82, 2.24) is 19.7 Å². The smallest absolute Gasteiger partial charge is 0.324 e. The molecule has 194 valence electrons. The fraction of sp³-hybridized carbons (Fsp3) is 0.192. The molecule has 4 N–H and O–H groups in total. The van der Waals surface area contributed by atoms with Gasteiger partial charge in [0.1, 0.15) is 35.5 Å². The molecule has 2 amide bonds. The van der Waals surface area contributed by atoms with Gasteiger partial charge in [-0.15, -0.1) is 0 Å². The normalized spacial score (nSPS) is 10.9. The molecule has 0 aliphatic heterocycles. The molecule has 38 heavy (non-hydrogen) atoms. The summed E-state index contributed by atoms with van der Waals surface area (Å²) in [7, 11) is 1.59. The molecular weight excluding hydrogens is 508 g/mol. The first-order valence-electron chi connectivity index (χ1n) is 11.4. The minimum absolute atomic E-state index is 0.00190. The summed E-state index contributed by atoms with van der Waals surface area (Å²) in [4.78, 5) is 20.6. The minimum Gasteiger partial charge on any atom is -0.497 e. The summed E-state index contributed by atoms with van der Waals surface area (Å²) in [6.07, 6.45) is 1.19. The van der Waals surface area contributed by atoms with Crippen LogP contribution in [-0.4, -0.2) is 32.9 Å². The molecule has 0 bridgehead atoms. The molecule has 0 fully saturated rings. The van der Waals surface area contributed by atoms with Crippen LogP contribution in [-0.2, 0) is 5.41 Å². The van der Waals surface area contributed by atoms with E-state index in [0.717, 1.165) is 11.4 Å². The Morgan fingerprint density at radius 1 is 1.08 bits per heavy atom. The lowest BCUT2D eigenvalue weighted by Crippen LogP contribution is -2.21. The summed E-state index contributed by atoms with van der Waals surface area (Å²) in [5, 5.41) is 19.8. The second-order valence-corrected chi connectivity index (χ2v) is 9.56. The summed E-state index contributed by atoms with van der Waals surface area (Å²) in [6.45, 7) is 6.11. The van der Waals surface area contributed by atoms with Gasteiger partial charge in [-0.3, -0.25) is 5.32 Å². The Kier molecular flexibility index (Phi) is 7.36. The van der Waals surface area contributed by atoms with Gasteiger partial charge in [-0.25, -0.2) is 19.4 Å². The maximum absolute atomic E-state index is 12.9. The summed E-state index contributed by atoms with van der Waals surface area (Å²) < 4.78 is 12.5. The largest absolute Gasteiger partial charge is 0.497 e. The first-order chi connectivity index (χ1) is 18.1. The molecule has 2 aromatic heterocycles. The third kappa shape index (κ3) is 5.77. The average molecular weight is 533 g/mol. The zero-order chi connectivity index (χ0) is 27.4. The SMILES string of the molecule is COc1ccc(-n2nc(C(C)(C)C)cc2NC(=O)Nc2ccc(Oc3ncnc(N)c3C#N)cc2Cl)cc1. The highest BCUT2D eigenvalue weighted by atomic mass is 35.5. The first-order valence-corrected chi connectivity index (χ1v) is 11.8. The van der Waals surface area contributed by atoms with E-state index >= 15 is 0 Å². The number of nitrogen functional groups attached to an aromatic ring is 1. The predicted octanol–water partition coefficient (Wildman–Crippen LogP) is 5.51. The van der Waals surface area contributed by atoms with Crippen molar-refractivity contribution in [3.63, 3.8) is 0 Å². The second-order valence-electron chi connectivity index (χ2n) is 9.15. The molecule has 0 saturated heterocycles. The van der Waals surface area contributed by atoms with E-state index in [1.54, 1.807) is 23.9 Å². The number of urea groups is 1. The van der Waals surface area contributed by atoms with E-state index in [4.69, 9.17) is 31.9 Å². The number of benzene rings is 2. The number of rotatable bonds is 6. The first kappa shape index (κ1) is 26.2. The van der Waals surface area contributed by atoms with Gasteiger partial charge in [-0.1, -0.05) is 32.4 Å². The van der Waals surface area contributed by atoms with E-state index < -0.39 is 6.03 Å². The van der Waals surface area contributed by atoms with Crippen molar-refractivity contribution < 1.29 is 14.3 Å². The van der Waals surface area contributed by atoms with Crippen molar-refractivity contribution in [1.29, 1.82) is 5.26 Å². The molecule has 0 unspecified atom stereocenters. The van der Waals surface area contributed by atoms with Crippen molar-refractivity contribution >= 4 is 35.0 Å². The van der Waals surface area contributed by atoms with Crippen LogP contribution in [0.4, 0.5) is 22.1 Å². The maximum atomic E-state index is 12.9. The fourth-order valence-corrected chi connectivity index (χ4v) is 3.58. The number of nitrogens with two attached hydrogens (primary N) is 1. The Balaban J connectivity index is 1.53. The lowest BCUT2D eigenvalue weighted by atomic mass is 9.92. The highest BCUT2D eigenvalue weighted by Gasteiger charge is 2.22. The lowest BCUT2D eigenvalue weighted by molar-refractivity contribution is 0.262. The van der Waals surface area contributed by atoms with Gasteiger partial charge in [0, 0.05) is 17.5 Å². The summed E-state index contributed by atoms with van der Waals surface area (Å²) in [5.41, 5.74) is 7.34. The average Bonchev–Trinajstić information content (AvgIpc) is 3.30. The number of hydrogen-bond acceptors (Lipinski definition) is 8. The van der Waals surface area contributed by atoms with Crippen molar-refractivity contribution in [3.8, 4) is 29.1 Å². The molecule has 0 aliphatic rings. The van der Waals surface area contributed by atoms with Crippen LogP contribution in [0.25, 0.3) is 5.69 Å². The van der Waals surface area contributed by atoms with Crippen LogP contribution in [0, 0.1) is 11.3 Å². The molecule has 4 aromatic rings. The van der Waals surface area contributed by atoms with Gasteiger partial charge in [0.25, 0.3) is 0 Å². The fourth-order valence-electron chi connectivity index (χ4n) is 3.36. The van der Waals surface area contributed by atoms with Crippen LogP contribution in [0.2, 0.25) is 5.02 Å². The molecule has 0 spiro atoms. The number of halogens is 1. The third-order valence-corrected chi connectivity index (χ3v) is 5.71. The van der Waals surface area contributed by atoms with E-state index in [2.05, 4.69) is 20.6 Å². The number of methoxy groups -OCH3 is 1. The third-order valence-electron chi connectivity index (χ3n) is 5.39. The monoisotopic (exact) mass is 532 g/mol. The number of nitriles is 1. The Morgan fingerprint density at radius 2 is 1.79 bits per heavy atom. The molecular formula is C26H25ClN8O3. The van der Waals surface area contributed by atoms with Gasteiger partial charge in [0.2, 0.25) is 5.88 Å². The number of carbonyl (C=O) groups excluding carboxylic acids is 1. The molecule has 0 atom stereocenters. The van der Waals surface area contributed by atoms with Crippen LogP contribution in [0.15, 0.2) is 54.9 Å². The zero-order valence-electron chi connectivity index (χ0n) is 21.1. The van der Waals surface area contributed by atoms with Gasteiger partial charge in [-0.05, 0) is 36.4 Å². The number of hydrogen-bond donors (Lipinski definition) is 3. The lowest BCUT2D eigenvalue weighted by Gasteiger charge is -2.14. The van der Waals surface area contributed by atoms with Crippen molar-refractivity contribution in [2.24, 2.45) is 0 Å². The van der Waals surface area contributed by atoms with Gasteiger partial charge >= 0.3 is 6.03 Å².